The molecule has 12 heteroatoms. The van der Waals surface area contributed by atoms with Crippen LogP contribution in [0, 0.1) is 11.3 Å². The second kappa shape index (κ2) is 9.42. The monoisotopic (exact) mass is 638 g/mol. The highest BCUT2D eigenvalue weighted by molar-refractivity contribution is 9.10. The van der Waals surface area contributed by atoms with Crippen molar-refractivity contribution in [3.8, 4) is 0 Å². The normalized spacial score (nSPS) is 24.5. The molecule has 5 heterocycles. The zero-order chi connectivity index (χ0) is 28.6. The summed E-state index contributed by atoms with van der Waals surface area (Å²) in [6, 6.07) is 2.86. The number of nitrogens with zero attached hydrogens (tertiary/aromatic N) is 4. The molecule has 208 valence electrons. The van der Waals surface area contributed by atoms with Gasteiger partial charge in [0.05, 0.1) is 23.8 Å². The highest BCUT2D eigenvalue weighted by atomic mass is 79.9. The van der Waals surface area contributed by atoms with Crippen molar-refractivity contribution < 1.29 is 28.3 Å². The van der Waals surface area contributed by atoms with Crippen molar-refractivity contribution in [1.82, 2.24) is 14.3 Å². The average molecular weight is 640 g/mol. The van der Waals surface area contributed by atoms with Crippen LogP contribution in [0.5, 0.6) is 0 Å². The number of fused-ring (bicyclic) bond motifs is 6. The van der Waals surface area contributed by atoms with Gasteiger partial charge in [-0.15, -0.1) is 0 Å². The number of amides is 1. The number of aromatic nitrogens is 2. The Labute approximate surface area is 246 Å². The Balaban J connectivity index is 1.26. The molecule has 1 amide bonds. The summed E-state index contributed by atoms with van der Waals surface area (Å²) in [7, 11) is 0. The van der Waals surface area contributed by atoms with Crippen LogP contribution in [0.2, 0.25) is 0 Å². The summed E-state index contributed by atoms with van der Waals surface area (Å²) in [6.45, 7) is -0.448. The lowest BCUT2D eigenvalue weighted by Gasteiger charge is -2.41. The molecule has 41 heavy (non-hydrogen) atoms. The molecule has 0 aromatic carbocycles. The summed E-state index contributed by atoms with van der Waals surface area (Å²) >= 11 is 9.80. The number of rotatable bonds is 4. The molecule has 2 aromatic rings. The van der Waals surface area contributed by atoms with Crippen LogP contribution in [-0.2, 0) is 19.1 Å². The number of pyridine rings is 1. The van der Waals surface area contributed by atoms with Gasteiger partial charge in [-0.3, -0.25) is 28.6 Å². The predicted octanol–water partition coefficient (Wildman–Crippen LogP) is 4.07. The summed E-state index contributed by atoms with van der Waals surface area (Å²) in [5, 5.41) is -0.00146. The minimum Gasteiger partial charge on any atom is -0.457 e. The van der Waals surface area contributed by atoms with E-state index in [4.69, 9.17) is 16.3 Å². The van der Waals surface area contributed by atoms with Gasteiger partial charge >= 0.3 is 5.97 Å². The van der Waals surface area contributed by atoms with Crippen molar-refractivity contribution in [3.05, 3.63) is 80.0 Å². The van der Waals surface area contributed by atoms with Crippen LogP contribution in [0.4, 0.5) is 4.39 Å². The summed E-state index contributed by atoms with van der Waals surface area (Å²) < 4.78 is 23.2. The number of carbonyl (C=O) groups excluding carboxylic acids is 4. The fourth-order valence-corrected chi connectivity index (χ4v) is 7.17. The highest BCUT2D eigenvalue weighted by Crippen LogP contribution is 2.62. The van der Waals surface area contributed by atoms with Crippen LogP contribution in [0.3, 0.4) is 0 Å². The van der Waals surface area contributed by atoms with Gasteiger partial charge in [-0.1, -0.05) is 11.6 Å². The summed E-state index contributed by atoms with van der Waals surface area (Å²) in [6.07, 6.45) is 8.77. The number of hydrogen-bond acceptors (Lipinski definition) is 7. The van der Waals surface area contributed by atoms with Gasteiger partial charge in [0.2, 0.25) is 11.7 Å². The number of imidazole rings is 1. The molecular formula is C29H21BrClFN4O5. The number of hydrogen-bond donors (Lipinski definition) is 0. The number of halogens is 3. The third-order valence-electron chi connectivity index (χ3n) is 8.49. The van der Waals surface area contributed by atoms with Crippen molar-refractivity contribution in [2.45, 2.75) is 25.3 Å². The smallest absolute Gasteiger partial charge is 0.315 e. The largest absolute Gasteiger partial charge is 0.457 e. The van der Waals surface area contributed by atoms with Crippen molar-refractivity contribution in [1.29, 1.82) is 0 Å². The van der Waals surface area contributed by atoms with Gasteiger partial charge in [-0.05, 0) is 63.7 Å². The van der Waals surface area contributed by atoms with E-state index in [0.29, 0.717) is 28.8 Å². The van der Waals surface area contributed by atoms with E-state index in [-0.39, 0.29) is 46.6 Å². The van der Waals surface area contributed by atoms with E-state index in [0.717, 1.165) is 23.5 Å². The minimum atomic E-state index is -1.07. The van der Waals surface area contributed by atoms with E-state index in [9.17, 15) is 19.2 Å². The van der Waals surface area contributed by atoms with Crippen molar-refractivity contribution in [3.63, 3.8) is 0 Å². The molecule has 2 aromatic heterocycles. The van der Waals surface area contributed by atoms with Gasteiger partial charge in [0.15, 0.2) is 12.4 Å². The highest BCUT2D eigenvalue weighted by Gasteiger charge is 2.62. The van der Waals surface area contributed by atoms with Crippen molar-refractivity contribution in [2.75, 3.05) is 19.7 Å². The van der Waals surface area contributed by atoms with Crippen molar-refractivity contribution >= 4 is 62.8 Å². The molecule has 3 aliphatic heterocycles. The lowest BCUT2D eigenvalue weighted by Crippen LogP contribution is -2.49. The van der Waals surface area contributed by atoms with Crippen molar-refractivity contribution in [2.24, 2.45) is 16.3 Å². The van der Waals surface area contributed by atoms with E-state index in [2.05, 4.69) is 25.9 Å². The number of ether oxygens (including phenoxy) is 1. The molecule has 2 atom stereocenters. The Morgan fingerprint density at radius 3 is 2.83 bits per heavy atom. The van der Waals surface area contributed by atoms with Gasteiger partial charge in [0, 0.05) is 48.0 Å². The van der Waals surface area contributed by atoms with Crippen LogP contribution >= 0.6 is 27.5 Å². The molecule has 0 N–H and O–H groups in total. The number of Topliss-reactive ketones (excluding diaryl/α,β-unsaturated/α-hetero) is 1. The van der Waals surface area contributed by atoms with Gasteiger partial charge < -0.3 is 9.64 Å². The zero-order valence-electron chi connectivity index (χ0n) is 21.4. The summed E-state index contributed by atoms with van der Waals surface area (Å²) in [5.74, 6) is -3.76. The SMILES string of the molecule is O=C1C=C(F)C2=C(Cl)C=NCC3=C(C2=C1)C(C(=O)OCC(=O)c1ccn2c(Br)cnc2c1)CN1C(=O)CC2(CC2)C31. The Morgan fingerprint density at radius 2 is 2.05 bits per heavy atom. The maximum Gasteiger partial charge on any atom is 0.315 e. The van der Waals surface area contributed by atoms with E-state index in [1.807, 2.05) is 0 Å². The number of esters is 1. The minimum absolute atomic E-state index is 0.00146. The maximum atomic E-state index is 15.2. The van der Waals surface area contributed by atoms with Crippen LogP contribution < -0.4 is 0 Å². The maximum absolute atomic E-state index is 15.2. The van der Waals surface area contributed by atoms with E-state index < -0.39 is 35.9 Å². The molecule has 1 spiro atoms. The van der Waals surface area contributed by atoms with Gasteiger partial charge in [-0.25, -0.2) is 9.37 Å². The Hall–Kier alpha value is -3.70. The fraction of sp³-hybridized carbons (Fsp3) is 0.310. The third-order valence-corrected chi connectivity index (χ3v) is 9.36. The second-order valence-electron chi connectivity index (χ2n) is 10.9. The Morgan fingerprint density at radius 1 is 1.24 bits per heavy atom. The van der Waals surface area contributed by atoms with E-state index in [1.165, 1.54) is 12.3 Å². The lowest BCUT2D eigenvalue weighted by atomic mass is 9.74. The van der Waals surface area contributed by atoms with Crippen LogP contribution in [0.15, 0.2) is 79.4 Å². The topological polar surface area (TPSA) is 110 Å². The molecular weight excluding hydrogens is 619 g/mol. The first-order valence-corrected chi connectivity index (χ1v) is 14.2. The predicted molar refractivity (Wildman–Crippen MR) is 149 cm³/mol. The fourth-order valence-electron chi connectivity index (χ4n) is 6.50. The average Bonchev–Trinajstić information content (AvgIpc) is 3.53. The van der Waals surface area contributed by atoms with Gasteiger partial charge in [-0.2, -0.15) is 0 Å². The molecule has 2 aliphatic carbocycles. The summed E-state index contributed by atoms with van der Waals surface area (Å²) in [4.78, 5) is 62.7. The Bertz CT molecular complexity index is 1760. The molecule has 0 radical (unpaired) electrons. The molecule has 9 nitrogen and oxygen atoms in total. The second-order valence-corrected chi connectivity index (χ2v) is 12.1. The number of allylic oxidation sites excluding steroid dienone is 6. The van der Waals surface area contributed by atoms with Crippen LogP contribution in [0.1, 0.15) is 29.6 Å². The van der Waals surface area contributed by atoms with E-state index in [1.54, 1.807) is 33.8 Å². The lowest BCUT2D eigenvalue weighted by molar-refractivity contribution is -0.147. The van der Waals surface area contributed by atoms with E-state index >= 15 is 4.39 Å². The molecule has 5 aliphatic rings. The first-order chi connectivity index (χ1) is 19.7. The standard InChI is InChI=1S/C29H21BrClFN4O5/c30-22-11-34-23-5-14(1-4-35(22)23)21(38)13-41-28(40)18-12-36-24(39)8-29(2-3-29)27(36)17-9-33-10-19(31)26-16(25(17)18)6-15(37)7-20(26)32/h1,4-7,10-11,18,27H,2-3,8-9,12-13H2. The number of aliphatic imine (C=N–C) groups is 1. The Kier molecular flexibility index (Phi) is 6.02. The molecule has 1 saturated carbocycles. The van der Waals surface area contributed by atoms with Crippen LogP contribution in [-0.4, -0.2) is 69.7 Å². The van der Waals surface area contributed by atoms with Crippen LogP contribution in [0.25, 0.3) is 5.65 Å². The molecule has 2 fully saturated rings. The first kappa shape index (κ1) is 26.2. The molecule has 2 unspecified atom stereocenters. The molecule has 7 rings (SSSR count). The molecule has 0 bridgehead atoms. The van der Waals surface area contributed by atoms with Gasteiger partial charge in [0.1, 0.15) is 22.0 Å². The molecule has 1 saturated heterocycles. The first-order valence-electron chi connectivity index (χ1n) is 13.1. The zero-order valence-corrected chi connectivity index (χ0v) is 23.7. The quantitative estimate of drug-likeness (QED) is 0.369. The number of carbonyl (C=O) groups is 4. The number of ketones is 2. The third kappa shape index (κ3) is 4.16. The van der Waals surface area contributed by atoms with Gasteiger partial charge in [0.25, 0.3) is 0 Å². The summed E-state index contributed by atoms with van der Waals surface area (Å²) in [5.41, 5.74) is 1.82.